The highest BCUT2D eigenvalue weighted by atomic mass is 19.4. The first kappa shape index (κ1) is 32.0. The molecule has 0 bridgehead atoms. The predicted molar refractivity (Wildman–Crippen MR) is 122 cm³/mol. The minimum atomic E-state index is -7.18. The van der Waals surface area contributed by atoms with Gasteiger partial charge in [-0.1, -0.05) is 24.3 Å². The van der Waals surface area contributed by atoms with Gasteiger partial charge in [0, 0.05) is 0 Å². The predicted octanol–water partition coefficient (Wildman–Crippen LogP) is 5.16. The summed E-state index contributed by atoms with van der Waals surface area (Å²) in [5.74, 6) is -36.3. The zero-order valence-corrected chi connectivity index (χ0v) is 20.5. The lowest BCUT2D eigenvalue weighted by Crippen LogP contribution is -2.67. The Kier molecular flexibility index (Phi) is 9.49. The average Bonchev–Trinajstić information content (AvgIpc) is 2.89. The Balaban J connectivity index is 2.39. The average molecular weight is 584 g/mol. The zero-order chi connectivity index (χ0) is 30.5. The quantitative estimate of drug-likeness (QED) is 0.279. The molecule has 0 unspecified atom stereocenters. The van der Waals surface area contributed by atoms with E-state index in [-0.39, 0.29) is 13.2 Å². The number of carbonyl (C=O) groups excluding carboxylic acids is 4. The van der Waals surface area contributed by atoms with E-state index >= 15 is 0 Å². The monoisotopic (exact) mass is 584 g/mol. The van der Waals surface area contributed by atoms with E-state index in [1.165, 1.54) is 13.8 Å². The molecule has 2 N–H and O–H groups in total. The van der Waals surface area contributed by atoms with Gasteiger partial charge in [0.15, 0.2) is 0 Å². The third-order valence-electron chi connectivity index (χ3n) is 5.09. The topological polar surface area (TPSA) is 111 Å². The summed E-state index contributed by atoms with van der Waals surface area (Å²) >= 11 is 0. The normalized spacial score (nSPS) is 12.3. The lowest BCUT2D eigenvalue weighted by atomic mass is 9.97. The summed E-state index contributed by atoms with van der Waals surface area (Å²) < 4.78 is 125. The maximum atomic E-state index is 14.4. The summed E-state index contributed by atoms with van der Waals surface area (Å²) in [5, 5.41) is 2.24. The minimum absolute atomic E-state index is 0.233. The van der Waals surface area contributed by atoms with E-state index in [2.05, 4.69) is 9.47 Å². The molecule has 0 spiro atoms. The Bertz CT molecular complexity index is 1190. The third kappa shape index (κ3) is 5.84. The molecule has 0 heterocycles. The van der Waals surface area contributed by atoms with Crippen molar-refractivity contribution in [3.63, 3.8) is 0 Å². The van der Waals surface area contributed by atoms with Crippen LogP contribution in [0.25, 0.3) is 0 Å². The number of amides is 2. The van der Waals surface area contributed by atoms with Gasteiger partial charge in [-0.05, 0) is 38.1 Å². The van der Waals surface area contributed by atoms with Gasteiger partial charge in [-0.15, -0.1) is 0 Å². The number of hydrogen-bond acceptors (Lipinski definition) is 6. The van der Waals surface area contributed by atoms with Crippen LogP contribution in [0.4, 0.5) is 46.5 Å². The number of hydrogen-bond donors (Lipinski definition) is 2. The molecule has 0 aliphatic rings. The molecule has 0 saturated carbocycles. The Morgan fingerprint density at radius 3 is 1.20 bits per heavy atom. The number of para-hydroxylation sites is 2. The second-order valence-electron chi connectivity index (χ2n) is 7.74. The molecule has 2 rings (SSSR count). The van der Waals surface area contributed by atoms with Crippen molar-refractivity contribution in [1.82, 2.24) is 0 Å². The summed E-state index contributed by atoms with van der Waals surface area (Å²) in [6, 6.07) is 7.70. The fourth-order valence-corrected chi connectivity index (χ4v) is 3.04. The van der Waals surface area contributed by atoms with Gasteiger partial charge < -0.3 is 20.1 Å². The molecular formula is C24H20F8N2O6. The van der Waals surface area contributed by atoms with Crippen molar-refractivity contribution >= 4 is 35.1 Å². The van der Waals surface area contributed by atoms with Crippen LogP contribution in [0, 0.1) is 0 Å². The largest absolute Gasteiger partial charge is 0.462 e. The number of ether oxygens (including phenoxy) is 2. The highest BCUT2D eigenvalue weighted by Crippen LogP contribution is 2.53. The summed E-state index contributed by atoms with van der Waals surface area (Å²) in [7, 11) is 0. The maximum Gasteiger partial charge on any atom is 0.393 e. The van der Waals surface area contributed by atoms with Crippen LogP contribution in [0.2, 0.25) is 0 Å². The van der Waals surface area contributed by atoms with Crippen LogP contribution in [0.3, 0.4) is 0 Å². The van der Waals surface area contributed by atoms with Crippen molar-refractivity contribution in [3.05, 3.63) is 59.7 Å². The van der Waals surface area contributed by atoms with Crippen LogP contribution < -0.4 is 10.6 Å². The van der Waals surface area contributed by atoms with Gasteiger partial charge in [-0.25, -0.2) is 9.59 Å². The number of rotatable bonds is 11. The first-order valence-corrected chi connectivity index (χ1v) is 11.1. The van der Waals surface area contributed by atoms with Gasteiger partial charge in [0.1, 0.15) is 0 Å². The van der Waals surface area contributed by atoms with Crippen molar-refractivity contribution in [3.8, 4) is 0 Å². The van der Waals surface area contributed by atoms with Gasteiger partial charge in [-0.2, -0.15) is 35.1 Å². The molecule has 2 amide bonds. The molecule has 2 aromatic rings. The van der Waals surface area contributed by atoms with Crippen LogP contribution in [-0.4, -0.2) is 60.7 Å². The summed E-state index contributed by atoms with van der Waals surface area (Å²) in [4.78, 5) is 47.8. The number of benzene rings is 2. The van der Waals surface area contributed by atoms with Crippen LogP contribution in [0.1, 0.15) is 34.6 Å². The molecular weight excluding hydrogens is 564 g/mol. The highest BCUT2D eigenvalue weighted by Gasteiger charge is 2.84. The van der Waals surface area contributed by atoms with Crippen LogP contribution in [-0.2, 0) is 19.1 Å². The maximum absolute atomic E-state index is 14.4. The standard InChI is InChI=1S/C24H20F8N2O6/c1-3-39-17(35)13-9-5-7-11-15(13)33-19(37)21(25,26)23(29,30)24(31,32)22(27,28)20(38)34-16-12-8-6-10-14(16)18(36)40-4-2/h5-12H,3-4H2,1-2H3,(H,33,37)(H,34,38). The lowest BCUT2D eigenvalue weighted by molar-refractivity contribution is -0.345. The number of nitrogens with one attached hydrogen (secondary N) is 2. The van der Waals surface area contributed by atoms with Gasteiger partial charge in [0.2, 0.25) is 0 Å². The van der Waals surface area contributed by atoms with Gasteiger partial charge >= 0.3 is 47.4 Å². The van der Waals surface area contributed by atoms with E-state index in [9.17, 15) is 54.3 Å². The third-order valence-corrected chi connectivity index (χ3v) is 5.09. The fraction of sp³-hybridized carbons (Fsp3) is 0.333. The van der Waals surface area contributed by atoms with E-state index in [0.29, 0.717) is 0 Å². The molecule has 218 valence electrons. The molecule has 0 atom stereocenters. The molecule has 0 fully saturated rings. The second-order valence-corrected chi connectivity index (χ2v) is 7.74. The number of esters is 2. The molecule has 0 aromatic heterocycles. The van der Waals surface area contributed by atoms with Crippen LogP contribution in [0.5, 0.6) is 0 Å². The van der Waals surface area contributed by atoms with Gasteiger partial charge in [0.25, 0.3) is 0 Å². The number of alkyl halides is 8. The van der Waals surface area contributed by atoms with Crippen LogP contribution in [0.15, 0.2) is 48.5 Å². The molecule has 8 nitrogen and oxygen atoms in total. The number of anilines is 2. The van der Waals surface area contributed by atoms with E-state index in [0.717, 1.165) is 59.2 Å². The van der Waals surface area contributed by atoms with Crippen molar-refractivity contribution in [2.45, 2.75) is 37.5 Å². The van der Waals surface area contributed by atoms with Crippen molar-refractivity contribution in [1.29, 1.82) is 0 Å². The van der Waals surface area contributed by atoms with Gasteiger partial charge in [-0.3, -0.25) is 9.59 Å². The molecule has 0 aliphatic heterocycles. The van der Waals surface area contributed by atoms with Crippen molar-refractivity contribution in [2.75, 3.05) is 23.8 Å². The van der Waals surface area contributed by atoms with E-state index in [4.69, 9.17) is 0 Å². The summed E-state index contributed by atoms with van der Waals surface area (Å²) in [6.07, 6.45) is 0. The Hall–Kier alpha value is -4.24. The minimum Gasteiger partial charge on any atom is -0.462 e. The van der Waals surface area contributed by atoms with E-state index < -0.39 is 69.9 Å². The van der Waals surface area contributed by atoms with Crippen LogP contribution >= 0.6 is 0 Å². The molecule has 0 aliphatic carbocycles. The molecule has 2 aromatic carbocycles. The number of halogens is 8. The van der Waals surface area contributed by atoms with E-state index in [1.807, 2.05) is 0 Å². The Morgan fingerprint density at radius 2 is 0.900 bits per heavy atom. The fourth-order valence-electron chi connectivity index (χ4n) is 3.04. The Morgan fingerprint density at radius 1 is 0.600 bits per heavy atom. The SMILES string of the molecule is CCOC(=O)c1ccccc1NC(=O)C(F)(F)C(F)(F)C(F)(F)C(F)(F)C(=O)Nc1ccccc1C(=O)OCC. The van der Waals surface area contributed by atoms with Crippen molar-refractivity contribution in [2.24, 2.45) is 0 Å². The van der Waals surface area contributed by atoms with Gasteiger partial charge in [0.05, 0.1) is 35.7 Å². The lowest BCUT2D eigenvalue weighted by Gasteiger charge is -2.35. The highest BCUT2D eigenvalue weighted by molar-refractivity contribution is 6.05. The van der Waals surface area contributed by atoms with E-state index in [1.54, 1.807) is 0 Å². The van der Waals surface area contributed by atoms with Crippen molar-refractivity contribution < 1.29 is 63.8 Å². The Labute approximate surface area is 220 Å². The molecule has 40 heavy (non-hydrogen) atoms. The summed E-state index contributed by atoms with van der Waals surface area (Å²) in [5.41, 5.74) is -3.06. The molecule has 0 saturated heterocycles. The molecule has 0 radical (unpaired) electrons. The zero-order valence-electron chi connectivity index (χ0n) is 20.5. The second kappa shape index (κ2) is 11.9. The molecule has 16 heteroatoms. The smallest absolute Gasteiger partial charge is 0.393 e. The summed E-state index contributed by atoms with van der Waals surface area (Å²) in [6.45, 7) is 2.23. The first-order valence-electron chi connectivity index (χ1n) is 11.1. The number of carbonyl (C=O) groups is 4. The first-order chi connectivity index (χ1) is 18.5.